The van der Waals surface area contributed by atoms with Gasteiger partial charge in [0.05, 0.1) is 4.92 Å². The van der Waals surface area contributed by atoms with Crippen molar-refractivity contribution in [2.24, 2.45) is 5.11 Å². The molecule has 0 aliphatic rings. The van der Waals surface area contributed by atoms with Gasteiger partial charge in [0.25, 0.3) is 5.69 Å². The van der Waals surface area contributed by atoms with Gasteiger partial charge < -0.3 is 0 Å². The molecule has 6 nitrogen and oxygen atoms in total. The Morgan fingerprint density at radius 2 is 2.36 bits per heavy atom. The fraction of sp³-hybridized carbons (Fsp3) is 0.250. The Balaban J connectivity index is 3.24. The average Bonchev–Trinajstić information content (AvgIpc) is 2.17. The van der Waals surface area contributed by atoms with Crippen LogP contribution in [0, 0.1) is 10.1 Å². The van der Waals surface area contributed by atoms with Crippen LogP contribution in [0.2, 0.25) is 0 Å². The number of aryl methyl sites for hydroxylation is 1. The Kier molecular flexibility index (Phi) is 3.04. The molecule has 0 saturated heterocycles. The topological polar surface area (TPSA) is 91.9 Å². The van der Waals surface area contributed by atoms with Gasteiger partial charge in [0, 0.05) is 22.2 Å². The highest BCUT2D eigenvalue weighted by molar-refractivity contribution is 5.50. The molecule has 0 aromatic heterocycles. The molecular formula is C8H8N4O2. The Bertz CT molecular complexity index is 410. The SMILES string of the molecule is CCc1cc(N=[N+]=[N-])ccc1[N+](=O)[O-]. The van der Waals surface area contributed by atoms with Gasteiger partial charge >= 0.3 is 0 Å². The van der Waals surface area contributed by atoms with Crippen molar-refractivity contribution in [3.05, 3.63) is 44.3 Å². The predicted molar refractivity (Wildman–Crippen MR) is 51.3 cm³/mol. The lowest BCUT2D eigenvalue weighted by Crippen LogP contribution is -1.93. The first-order valence-electron chi connectivity index (χ1n) is 4.01. The number of azide groups is 1. The van der Waals surface area contributed by atoms with E-state index in [1.165, 1.54) is 18.2 Å². The first-order valence-corrected chi connectivity index (χ1v) is 4.01. The van der Waals surface area contributed by atoms with E-state index in [4.69, 9.17) is 5.53 Å². The van der Waals surface area contributed by atoms with E-state index in [-0.39, 0.29) is 5.69 Å². The highest BCUT2D eigenvalue weighted by atomic mass is 16.6. The smallest absolute Gasteiger partial charge is 0.258 e. The molecule has 1 aromatic rings. The minimum atomic E-state index is -0.446. The van der Waals surface area contributed by atoms with Crippen LogP contribution in [-0.4, -0.2) is 4.92 Å². The largest absolute Gasteiger partial charge is 0.272 e. The second kappa shape index (κ2) is 4.25. The molecule has 6 heteroatoms. The van der Waals surface area contributed by atoms with Crippen LogP contribution in [0.3, 0.4) is 0 Å². The third-order valence-electron chi connectivity index (χ3n) is 1.80. The molecule has 0 saturated carbocycles. The Morgan fingerprint density at radius 3 is 2.86 bits per heavy atom. The van der Waals surface area contributed by atoms with Crippen molar-refractivity contribution >= 4 is 11.4 Å². The molecule has 1 rings (SSSR count). The van der Waals surface area contributed by atoms with Crippen LogP contribution in [0.1, 0.15) is 12.5 Å². The summed E-state index contributed by atoms with van der Waals surface area (Å²) in [5, 5.41) is 13.9. The van der Waals surface area contributed by atoms with Crippen LogP contribution in [0.25, 0.3) is 10.4 Å². The normalized spacial score (nSPS) is 9.21. The minimum Gasteiger partial charge on any atom is -0.258 e. The lowest BCUT2D eigenvalue weighted by atomic mass is 10.1. The second-order valence-corrected chi connectivity index (χ2v) is 2.61. The van der Waals surface area contributed by atoms with Crippen LogP contribution in [-0.2, 0) is 6.42 Å². The molecule has 0 unspecified atom stereocenters. The highest BCUT2D eigenvalue weighted by Crippen LogP contribution is 2.24. The van der Waals surface area contributed by atoms with Gasteiger partial charge in [0.15, 0.2) is 0 Å². The van der Waals surface area contributed by atoms with Gasteiger partial charge in [-0.1, -0.05) is 12.0 Å². The van der Waals surface area contributed by atoms with Gasteiger partial charge in [-0.15, -0.1) is 0 Å². The molecule has 0 fully saturated rings. The summed E-state index contributed by atoms with van der Waals surface area (Å²) in [6, 6.07) is 4.30. The van der Waals surface area contributed by atoms with Crippen LogP contribution < -0.4 is 0 Å². The lowest BCUT2D eigenvalue weighted by molar-refractivity contribution is -0.385. The van der Waals surface area contributed by atoms with Crippen LogP contribution in [0.4, 0.5) is 11.4 Å². The molecule has 0 amide bonds. The van der Waals surface area contributed by atoms with E-state index < -0.39 is 4.92 Å². The molecule has 0 bridgehead atoms. The van der Waals surface area contributed by atoms with E-state index in [9.17, 15) is 10.1 Å². The Morgan fingerprint density at radius 1 is 1.64 bits per heavy atom. The lowest BCUT2D eigenvalue weighted by Gasteiger charge is -1.99. The third kappa shape index (κ3) is 1.99. The van der Waals surface area contributed by atoms with Crippen molar-refractivity contribution in [2.45, 2.75) is 13.3 Å². The van der Waals surface area contributed by atoms with E-state index in [0.29, 0.717) is 17.7 Å². The summed E-state index contributed by atoms with van der Waals surface area (Å²) in [7, 11) is 0. The maximum absolute atomic E-state index is 10.6. The fourth-order valence-electron chi connectivity index (χ4n) is 1.15. The Hall–Kier alpha value is -2.07. The molecular weight excluding hydrogens is 184 g/mol. The minimum absolute atomic E-state index is 0.0596. The number of nitrogens with zero attached hydrogens (tertiary/aromatic N) is 4. The van der Waals surface area contributed by atoms with E-state index in [2.05, 4.69) is 10.0 Å². The summed E-state index contributed by atoms with van der Waals surface area (Å²) < 4.78 is 0. The molecule has 0 N–H and O–H groups in total. The van der Waals surface area contributed by atoms with Gasteiger partial charge in [-0.2, -0.15) is 0 Å². The second-order valence-electron chi connectivity index (χ2n) is 2.61. The maximum Gasteiger partial charge on any atom is 0.272 e. The van der Waals surface area contributed by atoms with Crippen LogP contribution in [0.15, 0.2) is 23.3 Å². The van der Waals surface area contributed by atoms with Gasteiger partial charge in [0.2, 0.25) is 0 Å². The summed E-state index contributed by atoms with van der Waals surface area (Å²) in [5.41, 5.74) is 9.21. The van der Waals surface area contributed by atoms with Gasteiger partial charge in [-0.25, -0.2) is 0 Å². The van der Waals surface area contributed by atoms with Crippen molar-refractivity contribution in [3.8, 4) is 0 Å². The molecule has 0 radical (unpaired) electrons. The van der Waals surface area contributed by atoms with Gasteiger partial charge in [0.1, 0.15) is 0 Å². The molecule has 0 atom stereocenters. The quantitative estimate of drug-likeness (QED) is 0.242. The first-order chi connectivity index (χ1) is 6.69. The number of hydrogen-bond donors (Lipinski definition) is 0. The van der Waals surface area contributed by atoms with E-state index in [0.717, 1.165) is 0 Å². The monoisotopic (exact) mass is 192 g/mol. The number of benzene rings is 1. The van der Waals surface area contributed by atoms with E-state index in [1.54, 1.807) is 0 Å². The molecule has 0 aliphatic heterocycles. The average molecular weight is 192 g/mol. The molecule has 72 valence electrons. The number of rotatable bonds is 3. The van der Waals surface area contributed by atoms with Crippen molar-refractivity contribution < 1.29 is 4.92 Å². The Labute approximate surface area is 79.9 Å². The van der Waals surface area contributed by atoms with Crippen LogP contribution in [0.5, 0.6) is 0 Å². The summed E-state index contributed by atoms with van der Waals surface area (Å²) in [4.78, 5) is 12.7. The van der Waals surface area contributed by atoms with E-state index in [1.807, 2.05) is 6.92 Å². The third-order valence-corrected chi connectivity index (χ3v) is 1.80. The summed E-state index contributed by atoms with van der Waals surface area (Å²) in [6.45, 7) is 1.81. The van der Waals surface area contributed by atoms with Crippen molar-refractivity contribution in [1.82, 2.24) is 0 Å². The fourth-order valence-corrected chi connectivity index (χ4v) is 1.15. The zero-order valence-electron chi connectivity index (χ0n) is 7.54. The maximum atomic E-state index is 10.6. The zero-order valence-corrected chi connectivity index (χ0v) is 7.54. The van der Waals surface area contributed by atoms with Crippen molar-refractivity contribution in [2.75, 3.05) is 0 Å². The van der Waals surface area contributed by atoms with Gasteiger partial charge in [-0.05, 0) is 24.1 Å². The zero-order chi connectivity index (χ0) is 10.6. The first kappa shape index (κ1) is 10.0. The van der Waals surface area contributed by atoms with Crippen molar-refractivity contribution in [3.63, 3.8) is 0 Å². The standard InChI is InChI=1S/C8H8N4O2/c1-2-6-5-7(10-11-9)3-4-8(6)12(13)14/h3-5H,2H2,1H3. The molecule has 14 heavy (non-hydrogen) atoms. The highest BCUT2D eigenvalue weighted by Gasteiger charge is 2.11. The van der Waals surface area contributed by atoms with Crippen molar-refractivity contribution in [1.29, 1.82) is 0 Å². The summed E-state index contributed by atoms with van der Waals surface area (Å²) in [6.07, 6.45) is 0.533. The molecule has 1 aromatic carbocycles. The van der Waals surface area contributed by atoms with E-state index >= 15 is 0 Å². The summed E-state index contributed by atoms with van der Waals surface area (Å²) in [5.74, 6) is 0. The molecule has 0 spiro atoms. The predicted octanol–water partition coefficient (Wildman–Crippen LogP) is 3.10. The molecule has 0 aliphatic carbocycles. The number of nitro benzene ring substituents is 1. The van der Waals surface area contributed by atoms with Crippen LogP contribution >= 0.6 is 0 Å². The number of hydrogen-bond acceptors (Lipinski definition) is 3. The van der Waals surface area contributed by atoms with Gasteiger partial charge in [-0.3, -0.25) is 10.1 Å². The summed E-state index contributed by atoms with van der Waals surface area (Å²) >= 11 is 0. The molecule has 0 heterocycles. The number of nitro groups is 1.